The SMILES string of the molecule is Cc1n[nH]nc1C(=O)N1CCC2(CC1)CC2CNC(=O)c1ccc(Cl)cc1N1CCCC1=O. The number of aromatic amines is 1. The van der Waals surface area contributed by atoms with Gasteiger partial charge in [0.15, 0.2) is 5.69 Å². The molecule has 1 aromatic carbocycles. The highest BCUT2D eigenvalue weighted by Gasteiger charge is 2.55. The summed E-state index contributed by atoms with van der Waals surface area (Å²) in [4.78, 5) is 41.4. The minimum atomic E-state index is -0.183. The van der Waals surface area contributed by atoms with E-state index in [-0.39, 0.29) is 23.1 Å². The van der Waals surface area contributed by atoms with Crippen LogP contribution in [0.25, 0.3) is 0 Å². The molecule has 3 fully saturated rings. The zero-order valence-corrected chi connectivity index (χ0v) is 19.3. The van der Waals surface area contributed by atoms with Gasteiger partial charge in [0.1, 0.15) is 0 Å². The lowest BCUT2D eigenvalue weighted by Crippen LogP contribution is -2.40. The van der Waals surface area contributed by atoms with Gasteiger partial charge in [-0.2, -0.15) is 15.4 Å². The molecule has 174 valence electrons. The molecule has 2 aromatic rings. The summed E-state index contributed by atoms with van der Waals surface area (Å²) in [6.45, 7) is 4.34. The lowest BCUT2D eigenvalue weighted by Gasteiger charge is -2.32. The van der Waals surface area contributed by atoms with E-state index in [2.05, 4.69) is 20.7 Å². The molecular weight excluding hydrogens is 444 g/mol. The molecule has 9 nitrogen and oxygen atoms in total. The number of likely N-dealkylation sites (tertiary alicyclic amines) is 1. The predicted molar refractivity (Wildman–Crippen MR) is 122 cm³/mol. The molecule has 1 atom stereocenters. The summed E-state index contributed by atoms with van der Waals surface area (Å²) in [6, 6.07) is 5.07. The van der Waals surface area contributed by atoms with Crippen molar-refractivity contribution in [3.8, 4) is 0 Å². The smallest absolute Gasteiger partial charge is 0.276 e. The van der Waals surface area contributed by atoms with Gasteiger partial charge in [-0.3, -0.25) is 14.4 Å². The van der Waals surface area contributed by atoms with Gasteiger partial charge in [0.2, 0.25) is 5.91 Å². The number of anilines is 1. The highest BCUT2D eigenvalue weighted by molar-refractivity contribution is 6.31. The van der Waals surface area contributed by atoms with Crippen molar-refractivity contribution in [2.24, 2.45) is 11.3 Å². The van der Waals surface area contributed by atoms with Crippen molar-refractivity contribution in [3.05, 3.63) is 40.2 Å². The largest absolute Gasteiger partial charge is 0.352 e. The first-order valence-corrected chi connectivity index (χ1v) is 11.8. The van der Waals surface area contributed by atoms with Crippen LogP contribution in [0.1, 0.15) is 58.6 Å². The molecule has 1 aliphatic carbocycles. The van der Waals surface area contributed by atoms with Crippen molar-refractivity contribution >= 4 is 35.0 Å². The number of piperidine rings is 1. The number of hydrogen-bond acceptors (Lipinski definition) is 5. The highest BCUT2D eigenvalue weighted by Crippen LogP contribution is 2.59. The van der Waals surface area contributed by atoms with E-state index in [0.717, 1.165) is 25.7 Å². The third kappa shape index (κ3) is 4.10. The molecule has 2 aliphatic heterocycles. The molecule has 10 heteroatoms. The monoisotopic (exact) mass is 470 g/mol. The van der Waals surface area contributed by atoms with E-state index in [4.69, 9.17) is 11.6 Å². The van der Waals surface area contributed by atoms with Crippen LogP contribution in [0.2, 0.25) is 5.02 Å². The van der Waals surface area contributed by atoms with E-state index >= 15 is 0 Å². The molecule has 1 saturated carbocycles. The molecule has 1 unspecified atom stereocenters. The molecule has 1 spiro atoms. The van der Waals surface area contributed by atoms with Crippen LogP contribution in [-0.4, -0.2) is 64.2 Å². The van der Waals surface area contributed by atoms with E-state index in [1.807, 2.05) is 4.90 Å². The van der Waals surface area contributed by atoms with E-state index in [9.17, 15) is 14.4 Å². The lowest BCUT2D eigenvalue weighted by molar-refractivity contribution is -0.117. The van der Waals surface area contributed by atoms with Gasteiger partial charge >= 0.3 is 0 Å². The number of carbonyl (C=O) groups is 3. The van der Waals surface area contributed by atoms with Crippen molar-refractivity contribution < 1.29 is 14.4 Å². The molecule has 2 N–H and O–H groups in total. The van der Waals surface area contributed by atoms with Crippen LogP contribution in [0.5, 0.6) is 0 Å². The van der Waals surface area contributed by atoms with Crippen LogP contribution in [0.15, 0.2) is 18.2 Å². The summed E-state index contributed by atoms with van der Waals surface area (Å²) in [5.41, 5.74) is 2.26. The molecule has 1 aromatic heterocycles. The van der Waals surface area contributed by atoms with E-state index in [0.29, 0.717) is 66.2 Å². The van der Waals surface area contributed by atoms with Gasteiger partial charge in [-0.15, -0.1) is 0 Å². The summed E-state index contributed by atoms with van der Waals surface area (Å²) in [6.07, 6.45) is 4.17. The number of hydrogen-bond donors (Lipinski definition) is 2. The van der Waals surface area contributed by atoms with Crippen molar-refractivity contribution in [3.63, 3.8) is 0 Å². The number of aryl methyl sites for hydroxylation is 1. The van der Waals surface area contributed by atoms with Gasteiger partial charge < -0.3 is 15.1 Å². The Labute approximate surface area is 196 Å². The average Bonchev–Trinajstić information content (AvgIpc) is 3.10. The van der Waals surface area contributed by atoms with Crippen molar-refractivity contribution in [1.82, 2.24) is 25.6 Å². The van der Waals surface area contributed by atoms with Crippen LogP contribution < -0.4 is 10.2 Å². The van der Waals surface area contributed by atoms with Gasteiger partial charge in [-0.1, -0.05) is 11.6 Å². The minimum absolute atomic E-state index is 0.0228. The van der Waals surface area contributed by atoms with Gasteiger partial charge in [0, 0.05) is 37.6 Å². The maximum absolute atomic E-state index is 13.0. The molecule has 5 rings (SSSR count). The molecule has 0 bridgehead atoms. The van der Waals surface area contributed by atoms with Gasteiger partial charge in [0.05, 0.1) is 16.9 Å². The average molecular weight is 471 g/mol. The zero-order valence-electron chi connectivity index (χ0n) is 18.6. The third-order valence-electron chi connectivity index (χ3n) is 7.41. The summed E-state index contributed by atoms with van der Waals surface area (Å²) < 4.78 is 0. The number of rotatable bonds is 5. The highest BCUT2D eigenvalue weighted by atomic mass is 35.5. The number of nitrogens with one attached hydrogen (secondary N) is 2. The Hall–Kier alpha value is -2.94. The van der Waals surface area contributed by atoms with E-state index in [1.54, 1.807) is 30.0 Å². The number of benzene rings is 1. The minimum Gasteiger partial charge on any atom is -0.352 e. The van der Waals surface area contributed by atoms with Crippen LogP contribution in [0.4, 0.5) is 5.69 Å². The van der Waals surface area contributed by atoms with Crippen LogP contribution in [0, 0.1) is 18.3 Å². The number of aromatic nitrogens is 3. The predicted octanol–water partition coefficient (Wildman–Crippen LogP) is 2.57. The van der Waals surface area contributed by atoms with Crippen molar-refractivity contribution in [2.75, 3.05) is 31.1 Å². The van der Waals surface area contributed by atoms with Crippen molar-refractivity contribution in [2.45, 2.75) is 39.0 Å². The van der Waals surface area contributed by atoms with Gasteiger partial charge in [0.25, 0.3) is 11.8 Å². The standard InChI is InChI=1S/C23H27ClN6O3/c1-14-20(27-28-26-14)22(33)29-9-6-23(7-10-29)12-15(23)13-25-21(32)17-5-4-16(24)11-18(17)30-8-2-3-19(30)31/h4-5,11,15H,2-3,6-10,12-13H2,1H3,(H,25,32)(H,26,27,28). The van der Waals surface area contributed by atoms with Crippen LogP contribution in [-0.2, 0) is 4.79 Å². The first-order chi connectivity index (χ1) is 15.9. The topological polar surface area (TPSA) is 111 Å². The Kier molecular flexibility index (Phi) is 5.60. The van der Waals surface area contributed by atoms with Crippen LogP contribution in [0.3, 0.4) is 0 Å². The molecule has 2 saturated heterocycles. The number of carbonyl (C=O) groups excluding carboxylic acids is 3. The normalized spacial score (nSPS) is 21.5. The summed E-state index contributed by atoms with van der Waals surface area (Å²) in [5.74, 6) is 0.164. The number of H-pyrrole nitrogens is 1. The number of nitrogens with zero attached hydrogens (tertiary/aromatic N) is 4. The first-order valence-electron chi connectivity index (χ1n) is 11.4. The fourth-order valence-electron chi connectivity index (χ4n) is 5.26. The van der Waals surface area contributed by atoms with E-state index in [1.165, 1.54) is 0 Å². The molecule has 0 radical (unpaired) electrons. The number of halogens is 1. The van der Waals surface area contributed by atoms with Crippen molar-refractivity contribution in [1.29, 1.82) is 0 Å². The summed E-state index contributed by atoms with van der Waals surface area (Å²) in [7, 11) is 0. The molecule has 3 heterocycles. The van der Waals surface area contributed by atoms with Gasteiger partial charge in [-0.25, -0.2) is 0 Å². The molecular formula is C23H27ClN6O3. The third-order valence-corrected chi connectivity index (χ3v) is 7.64. The van der Waals surface area contributed by atoms with Crippen LogP contribution >= 0.6 is 11.6 Å². The zero-order chi connectivity index (χ0) is 23.2. The summed E-state index contributed by atoms with van der Waals surface area (Å²) >= 11 is 6.15. The molecule has 3 aliphatic rings. The second-order valence-electron chi connectivity index (χ2n) is 9.33. The fraction of sp³-hybridized carbons (Fsp3) is 0.522. The lowest BCUT2D eigenvalue weighted by atomic mass is 9.90. The fourth-order valence-corrected chi connectivity index (χ4v) is 5.42. The Morgan fingerprint density at radius 1 is 1.24 bits per heavy atom. The van der Waals surface area contributed by atoms with E-state index < -0.39 is 0 Å². The Morgan fingerprint density at radius 3 is 2.70 bits per heavy atom. The summed E-state index contributed by atoms with van der Waals surface area (Å²) in [5, 5.41) is 14.0. The maximum Gasteiger partial charge on any atom is 0.276 e. The second kappa shape index (κ2) is 8.44. The Bertz CT molecular complexity index is 1110. The quantitative estimate of drug-likeness (QED) is 0.697. The maximum atomic E-state index is 13.0. The molecule has 33 heavy (non-hydrogen) atoms. The molecule has 3 amide bonds. The second-order valence-corrected chi connectivity index (χ2v) is 9.77. The first kappa shape index (κ1) is 21.9. The Morgan fingerprint density at radius 2 is 2.03 bits per heavy atom. The number of amides is 3. The van der Waals surface area contributed by atoms with Gasteiger partial charge in [-0.05, 0) is 62.1 Å². The Balaban J connectivity index is 1.17.